The van der Waals surface area contributed by atoms with Gasteiger partial charge in [-0.25, -0.2) is 4.57 Å². The molecule has 3 atom stereocenters. The van der Waals surface area contributed by atoms with Crippen LogP contribution in [-0.2, 0) is 42.0 Å². The van der Waals surface area contributed by atoms with Crippen LogP contribution in [0.25, 0.3) is 0 Å². The van der Waals surface area contributed by atoms with Crippen LogP contribution < -0.4 is 27.4 Å². The van der Waals surface area contributed by atoms with E-state index in [0.29, 0.717) is 38.9 Å². The lowest BCUT2D eigenvalue weighted by molar-refractivity contribution is -0.161. The van der Waals surface area contributed by atoms with Gasteiger partial charge in [0.15, 0.2) is 6.10 Å². The lowest BCUT2D eigenvalue weighted by Gasteiger charge is -2.22. The topological polar surface area (TPSA) is 203 Å². The quantitative estimate of drug-likeness (QED) is 0.0167. The highest BCUT2D eigenvalue weighted by Crippen LogP contribution is 2.48. The SMILES string of the molecule is CCCCCCCC/C=C\CCCCCCCC(=O)OCC(COP(=O)(OC)OCCNC(=O)C(CCCNCCCN)NCCCN)OC(=O)CCCCCCC/C=C\CCCCCCCC. The van der Waals surface area contributed by atoms with E-state index < -0.39 is 25.9 Å². The van der Waals surface area contributed by atoms with Crippen LogP contribution in [0, 0.1) is 0 Å². The number of allylic oxidation sites excluding steroid dienone is 4. The van der Waals surface area contributed by atoms with Gasteiger partial charge >= 0.3 is 19.8 Å². The molecule has 0 bridgehead atoms. The summed E-state index contributed by atoms with van der Waals surface area (Å²) in [5.74, 6) is -1.04. The van der Waals surface area contributed by atoms with Gasteiger partial charge in [0.1, 0.15) is 6.61 Å². The second-order valence-electron chi connectivity index (χ2n) is 18.2. The molecule has 0 heterocycles. The molecule has 0 aliphatic rings. The first-order valence-corrected chi connectivity index (χ1v) is 28.9. The molecule has 0 saturated carbocycles. The van der Waals surface area contributed by atoms with Crippen molar-refractivity contribution in [2.75, 3.05) is 66.2 Å². The van der Waals surface area contributed by atoms with Crippen molar-refractivity contribution in [3.63, 3.8) is 0 Å². The molecule has 3 unspecified atom stereocenters. The molecule has 14 nitrogen and oxygen atoms in total. The van der Waals surface area contributed by atoms with Crippen molar-refractivity contribution in [1.29, 1.82) is 0 Å². The number of carbonyl (C=O) groups excluding carboxylic acids is 3. The third kappa shape index (κ3) is 45.0. The van der Waals surface area contributed by atoms with Crippen molar-refractivity contribution in [3.8, 4) is 0 Å². The minimum absolute atomic E-state index is 0.0572. The number of nitrogens with one attached hydrogen (secondary N) is 3. The number of hydrogen-bond acceptors (Lipinski definition) is 13. The van der Waals surface area contributed by atoms with E-state index in [1.54, 1.807) is 0 Å². The fourth-order valence-corrected chi connectivity index (χ4v) is 8.51. The molecule has 0 aromatic carbocycles. The fraction of sp³-hybridized carbons (Fsp3) is 0.868. The van der Waals surface area contributed by atoms with E-state index in [9.17, 15) is 18.9 Å². The zero-order chi connectivity index (χ0) is 49.9. The summed E-state index contributed by atoms with van der Waals surface area (Å²) in [7, 11) is -2.93. The van der Waals surface area contributed by atoms with Crippen LogP contribution in [0.15, 0.2) is 24.3 Å². The van der Waals surface area contributed by atoms with Gasteiger partial charge in [-0.3, -0.25) is 28.0 Å². The minimum atomic E-state index is -4.12. The average Bonchev–Trinajstić information content (AvgIpc) is 3.34. The third-order valence-corrected chi connectivity index (χ3v) is 13.2. The lowest BCUT2D eigenvalue weighted by Crippen LogP contribution is -2.46. The maximum absolute atomic E-state index is 13.4. The van der Waals surface area contributed by atoms with E-state index in [0.717, 1.165) is 103 Å². The first-order chi connectivity index (χ1) is 33.2. The summed E-state index contributed by atoms with van der Waals surface area (Å²) in [5, 5.41) is 9.43. The lowest BCUT2D eigenvalue weighted by atomic mass is 10.1. The maximum Gasteiger partial charge on any atom is 0.474 e. The van der Waals surface area contributed by atoms with E-state index in [4.69, 9.17) is 34.5 Å². The van der Waals surface area contributed by atoms with Crippen molar-refractivity contribution >= 4 is 25.7 Å². The Labute approximate surface area is 415 Å². The Morgan fingerprint density at radius 2 is 1.01 bits per heavy atom. The molecule has 0 spiro atoms. The normalized spacial score (nSPS) is 13.5. The van der Waals surface area contributed by atoms with Crippen LogP contribution in [0.2, 0.25) is 0 Å². The largest absolute Gasteiger partial charge is 0.474 e. The van der Waals surface area contributed by atoms with Gasteiger partial charge in [-0.05, 0) is 123 Å². The van der Waals surface area contributed by atoms with Crippen LogP contribution in [-0.4, -0.2) is 96.2 Å². The van der Waals surface area contributed by atoms with Gasteiger partial charge in [0.25, 0.3) is 0 Å². The second-order valence-corrected chi connectivity index (χ2v) is 20.0. The Kier molecular flexibility index (Phi) is 49.6. The molecule has 0 aromatic rings. The van der Waals surface area contributed by atoms with Gasteiger partial charge in [0, 0.05) is 26.5 Å². The molecule has 0 aliphatic carbocycles. The number of carbonyl (C=O) groups is 3. The Morgan fingerprint density at radius 3 is 1.53 bits per heavy atom. The van der Waals surface area contributed by atoms with Crippen molar-refractivity contribution in [2.24, 2.45) is 11.5 Å². The Morgan fingerprint density at radius 1 is 0.544 bits per heavy atom. The third-order valence-electron chi connectivity index (χ3n) is 11.8. The number of unbranched alkanes of at least 4 members (excludes halogenated alkanes) is 22. The molecule has 15 heteroatoms. The Balaban J connectivity index is 4.93. The number of amides is 1. The number of nitrogens with two attached hydrogens (primary N) is 2. The zero-order valence-corrected chi connectivity index (χ0v) is 44.6. The second kappa shape index (κ2) is 51.2. The number of ether oxygens (including phenoxy) is 2. The molecule has 68 heavy (non-hydrogen) atoms. The highest BCUT2D eigenvalue weighted by atomic mass is 31.2. The molecule has 1 amide bonds. The van der Waals surface area contributed by atoms with Gasteiger partial charge in [-0.15, -0.1) is 0 Å². The summed E-state index contributed by atoms with van der Waals surface area (Å²) < 4.78 is 40.9. The fourth-order valence-electron chi connectivity index (χ4n) is 7.56. The molecule has 0 saturated heterocycles. The number of esters is 2. The highest BCUT2D eigenvalue weighted by Gasteiger charge is 2.29. The van der Waals surface area contributed by atoms with Crippen molar-refractivity contribution in [1.82, 2.24) is 16.0 Å². The van der Waals surface area contributed by atoms with E-state index in [2.05, 4.69) is 54.1 Å². The summed E-state index contributed by atoms with van der Waals surface area (Å²) in [6, 6.07) is -0.426. The van der Waals surface area contributed by atoms with Crippen LogP contribution in [0.1, 0.15) is 219 Å². The van der Waals surface area contributed by atoms with Gasteiger partial charge in [0.05, 0.1) is 19.3 Å². The summed E-state index contributed by atoms with van der Waals surface area (Å²) in [6.07, 6.45) is 41.9. The van der Waals surface area contributed by atoms with Gasteiger partial charge in [-0.2, -0.15) is 0 Å². The number of phosphoric ester groups is 1. The van der Waals surface area contributed by atoms with Crippen LogP contribution in [0.4, 0.5) is 0 Å². The molecule has 400 valence electrons. The van der Waals surface area contributed by atoms with E-state index in [1.807, 2.05) is 0 Å². The molecule has 0 fully saturated rings. The number of phosphoric acid groups is 1. The molecular formula is C53H104N5O9P. The summed E-state index contributed by atoms with van der Waals surface area (Å²) in [4.78, 5) is 38.8. The standard InChI is InChI=1S/C53H104N5O9P/c1-4-6-8-10-12-14-16-18-20-22-24-26-28-30-32-38-51(59)64-47-49(67-52(60)39-33-31-29-27-25-23-21-19-17-15-13-11-9-7-5-2)48-66-68(62,63-3)65-46-45-58-53(61)50(57-44-36-41-55)37-34-42-56-43-35-40-54/h18-21,49-50,56-57H,4-17,22-48,54-55H2,1-3H3,(H,58,61)/b20-18-,21-19-. The molecule has 7 N–H and O–H groups in total. The number of hydrogen-bond donors (Lipinski definition) is 5. The van der Waals surface area contributed by atoms with Gasteiger partial charge in [0.2, 0.25) is 5.91 Å². The smallest absolute Gasteiger partial charge is 0.462 e. The predicted molar refractivity (Wildman–Crippen MR) is 281 cm³/mol. The van der Waals surface area contributed by atoms with Gasteiger partial charge in [-0.1, -0.05) is 141 Å². The van der Waals surface area contributed by atoms with Gasteiger partial charge < -0.3 is 36.9 Å². The molecule has 0 radical (unpaired) electrons. The molecule has 0 aromatic heterocycles. The predicted octanol–water partition coefficient (Wildman–Crippen LogP) is 11.4. The van der Waals surface area contributed by atoms with Crippen molar-refractivity contribution < 1.29 is 42.0 Å². The first kappa shape index (κ1) is 65.8. The Hall–Kier alpha value is -2.16. The van der Waals surface area contributed by atoms with Crippen LogP contribution in [0.5, 0.6) is 0 Å². The summed E-state index contributed by atoms with van der Waals surface area (Å²) in [6.45, 7) is 7.13. The maximum atomic E-state index is 13.4. The zero-order valence-electron chi connectivity index (χ0n) is 43.7. The van der Waals surface area contributed by atoms with Crippen molar-refractivity contribution in [3.05, 3.63) is 24.3 Å². The summed E-state index contributed by atoms with van der Waals surface area (Å²) in [5.41, 5.74) is 11.2. The monoisotopic (exact) mass is 986 g/mol. The molecule has 0 aliphatic heterocycles. The van der Waals surface area contributed by atoms with E-state index in [-0.39, 0.29) is 51.1 Å². The average molecular weight is 986 g/mol. The Bertz CT molecular complexity index is 1260. The van der Waals surface area contributed by atoms with Crippen LogP contribution >= 0.6 is 7.82 Å². The molecule has 0 rings (SSSR count). The van der Waals surface area contributed by atoms with E-state index in [1.165, 1.54) is 90.6 Å². The number of rotatable bonds is 53. The first-order valence-electron chi connectivity index (χ1n) is 27.5. The highest BCUT2D eigenvalue weighted by molar-refractivity contribution is 7.48. The van der Waals surface area contributed by atoms with Crippen molar-refractivity contribution in [2.45, 2.75) is 231 Å². The van der Waals surface area contributed by atoms with Crippen LogP contribution in [0.3, 0.4) is 0 Å². The summed E-state index contributed by atoms with van der Waals surface area (Å²) >= 11 is 0. The van der Waals surface area contributed by atoms with E-state index >= 15 is 0 Å². The minimum Gasteiger partial charge on any atom is -0.462 e. The molecular weight excluding hydrogens is 882 g/mol.